The van der Waals surface area contributed by atoms with Crippen molar-refractivity contribution < 1.29 is 9.90 Å². The number of aromatic nitrogens is 2. The Labute approximate surface area is 90.5 Å². The minimum absolute atomic E-state index is 0.200. The molecule has 0 bridgehead atoms. The van der Waals surface area contributed by atoms with Crippen molar-refractivity contribution in [3.63, 3.8) is 0 Å². The van der Waals surface area contributed by atoms with E-state index in [0.29, 0.717) is 0 Å². The molecule has 0 aliphatic heterocycles. The van der Waals surface area contributed by atoms with Gasteiger partial charge >= 0.3 is 5.97 Å². The van der Waals surface area contributed by atoms with Crippen molar-refractivity contribution >= 4 is 27.8 Å². The van der Waals surface area contributed by atoms with Gasteiger partial charge in [0.25, 0.3) is 0 Å². The highest BCUT2D eigenvalue weighted by atomic mass is 16.4. The lowest BCUT2D eigenvalue weighted by atomic mass is 10.1. The number of rotatable bonds is 1. The Morgan fingerprint density at radius 3 is 3.00 bits per heavy atom. The molecule has 1 aromatic carbocycles. The normalized spacial score (nSPS) is 11.0. The number of nitrogens with zero attached hydrogens (tertiary/aromatic N) is 1. The van der Waals surface area contributed by atoms with Crippen LogP contribution >= 0.6 is 0 Å². The molecule has 2 heterocycles. The second kappa shape index (κ2) is 3.06. The van der Waals surface area contributed by atoms with Gasteiger partial charge in [0, 0.05) is 17.0 Å². The molecule has 0 aliphatic rings. The van der Waals surface area contributed by atoms with Crippen molar-refractivity contribution in [2.45, 2.75) is 0 Å². The lowest BCUT2D eigenvalue weighted by molar-refractivity contribution is 0.0691. The second-order valence-electron chi connectivity index (χ2n) is 3.59. The third kappa shape index (κ3) is 1.16. The quantitative estimate of drug-likeness (QED) is 0.651. The average Bonchev–Trinajstić information content (AvgIpc) is 2.73. The number of carboxylic acids is 1. The van der Waals surface area contributed by atoms with Crippen LogP contribution in [0.25, 0.3) is 21.8 Å². The Morgan fingerprint density at radius 1 is 1.31 bits per heavy atom. The topological polar surface area (TPSA) is 66.0 Å². The molecule has 0 unspecified atom stereocenters. The van der Waals surface area contributed by atoms with Gasteiger partial charge in [-0.05, 0) is 24.3 Å². The van der Waals surface area contributed by atoms with Gasteiger partial charge in [-0.2, -0.15) is 0 Å². The zero-order valence-corrected chi connectivity index (χ0v) is 8.27. The van der Waals surface area contributed by atoms with Crippen LogP contribution in [0.2, 0.25) is 0 Å². The molecule has 2 N–H and O–H groups in total. The molecule has 0 radical (unpaired) electrons. The van der Waals surface area contributed by atoms with Crippen molar-refractivity contribution in [1.29, 1.82) is 0 Å². The third-order valence-electron chi connectivity index (χ3n) is 2.61. The Balaban J connectivity index is 2.46. The first-order valence-electron chi connectivity index (χ1n) is 4.85. The lowest BCUT2D eigenvalue weighted by Gasteiger charge is -1.97. The van der Waals surface area contributed by atoms with Crippen LogP contribution in [0, 0.1) is 0 Å². The number of hydrogen-bond acceptors (Lipinski definition) is 2. The fourth-order valence-electron chi connectivity index (χ4n) is 1.87. The largest absolute Gasteiger partial charge is 0.477 e. The first-order chi connectivity index (χ1) is 7.75. The predicted molar refractivity (Wildman–Crippen MR) is 60.6 cm³/mol. The van der Waals surface area contributed by atoms with Gasteiger partial charge in [-0.15, -0.1) is 0 Å². The van der Waals surface area contributed by atoms with E-state index in [1.54, 1.807) is 12.3 Å². The highest BCUT2D eigenvalue weighted by molar-refractivity contribution is 6.06. The van der Waals surface area contributed by atoms with Crippen LogP contribution in [0.5, 0.6) is 0 Å². The Kier molecular flexibility index (Phi) is 1.71. The van der Waals surface area contributed by atoms with E-state index in [9.17, 15) is 4.79 Å². The van der Waals surface area contributed by atoms with Gasteiger partial charge in [-0.25, -0.2) is 4.79 Å². The van der Waals surface area contributed by atoms with Gasteiger partial charge in [0.2, 0.25) is 0 Å². The zero-order chi connectivity index (χ0) is 11.1. The molecule has 3 rings (SSSR count). The SMILES string of the molecule is O=C(O)c1cc2ccc3ncccc3c2[nH]1. The first-order valence-corrected chi connectivity index (χ1v) is 4.85. The van der Waals surface area contributed by atoms with E-state index < -0.39 is 5.97 Å². The summed E-state index contributed by atoms with van der Waals surface area (Å²) in [5.41, 5.74) is 1.88. The molecular formula is C12H8N2O2. The summed E-state index contributed by atoms with van der Waals surface area (Å²) in [7, 11) is 0. The fourth-order valence-corrected chi connectivity index (χ4v) is 1.87. The maximum absolute atomic E-state index is 10.9. The molecule has 0 aliphatic carbocycles. The van der Waals surface area contributed by atoms with E-state index in [1.807, 2.05) is 24.3 Å². The molecule has 16 heavy (non-hydrogen) atoms. The van der Waals surface area contributed by atoms with Crippen LogP contribution in [0.4, 0.5) is 0 Å². The summed E-state index contributed by atoms with van der Waals surface area (Å²) in [6.07, 6.45) is 1.72. The summed E-state index contributed by atoms with van der Waals surface area (Å²) < 4.78 is 0. The van der Waals surface area contributed by atoms with Gasteiger partial charge in [-0.1, -0.05) is 6.07 Å². The number of nitrogens with one attached hydrogen (secondary N) is 1. The molecule has 0 fully saturated rings. The molecule has 0 amide bonds. The number of benzene rings is 1. The van der Waals surface area contributed by atoms with E-state index in [4.69, 9.17) is 5.11 Å². The maximum Gasteiger partial charge on any atom is 0.352 e. The Bertz CT molecular complexity index is 700. The molecule has 0 atom stereocenters. The molecular weight excluding hydrogens is 204 g/mol. The summed E-state index contributed by atoms with van der Waals surface area (Å²) in [4.78, 5) is 18.0. The van der Waals surface area contributed by atoms with Gasteiger partial charge in [-0.3, -0.25) is 4.98 Å². The number of hydrogen-bond donors (Lipinski definition) is 2. The Hall–Kier alpha value is -2.36. The van der Waals surface area contributed by atoms with Crippen LogP contribution in [0.3, 0.4) is 0 Å². The molecule has 0 saturated carbocycles. The first kappa shape index (κ1) is 8.91. The standard InChI is InChI=1S/C12H8N2O2/c15-12(16)10-6-7-3-4-9-8(11(7)14-10)2-1-5-13-9/h1-6,14H,(H,15,16). The second-order valence-corrected chi connectivity index (χ2v) is 3.59. The molecule has 2 aromatic heterocycles. The fraction of sp³-hybridized carbons (Fsp3) is 0. The Morgan fingerprint density at radius 2 is 2.19 bits per heavy atom. The monoisotopic (exact) mass is 212 g/mol. The summed E-state index contributed by atoms with van der Waals surface area (Å²) in [5, 5.41) is 10.7. The number of fused-ring (bicyclic) bond motifs is 3. The number of aromatic carboxylic acids is 1. The van der Waals surface area contributed by atoms with Crippen molar-refractivity contribution in [2.24, 2.45) is 0 Å². The smallest absolute Gasteiger partial charge is 0.352 e. The van der Waals surface area contributed by atoms with E-state index in [-0.39, 0.29) is 5.69 Å². The van der Waals surface area contributed by atoms with E-state index in [2.05, 4.69) is 9.97 Å². The summed E-state index contributed by atoms with van der Waals surface area (Å²) >= 11 is 0. The van der Waals surface area contributed by atoms with E-state index in [0.717, 1.165) is 21.8 Å². The van der Waals surface area contributed by atoms with Crippen LogP contribution in [-0.4, -0.2) is 21.0 Å². The van der Waals surface area contributed by atoms with Crippen molar-refractivity contribution in [3.05, 3.63) is 42.2 Å². The molecule has 0 spiro atoms. The lowest BCUT2D eigenvalue weighted by Crippen LogP contribution is -1.94. The van der Waals surface area contributed by atoms with Crippen LogP contribution in [-0.2, 0) is 0 Å². The summed E-state index contributed by atoms with van der Waals surface area (Å²) in [5.74, 6) is -0.951. The summed E-state index contributed by atoms with van der Waals surface area (Å²) in [6, 6.07) is 9.14. The highest BCUT2D eigenvalue weighted by Crippen LogP contribution is 2.23. The predicted octanol–water partition coefficient (Wildman–Crippen LogP) is 2.41. The number of H-pyrrole nitrogens is 1. The maximum atomic E-state index is 10.9. The van der Waals surface area contributed by atoms with Gasteiger partial charge in [0.1, 0.15) is 5.69 Å². The van der Waals surface area contributed by atoms with Crippen molar-refractivity contribution in [3.8, 4) is 0 Å². The van der Waals surface area contributed by atoms with Gasteiger partial charge in [0.05, 0.1) is 11.0 Å². The van der Waals surface area contributed by atoms with Crippen LogP contribution in [0.1, 0.15) is 10.5 Å². The minimum Gasteiger partial charge on any atom is -0.477 e. The zero-order valence-electron chi connectivity index (χ0n) is 8.27. The van der Waals surface area contributed by atoms with Gasteiger partial charge in [0.15, 0.2) is 0 Å². The van der Waals surface area contributed by atoms with E-state index >= 15 is 0 Å². The van der Waals surface area contributed by atoms with Gasteiger partial charge < -0.3 is 10.1 Å². The minimum atomic E-state index is -0.951. The average molecular weight is 212 g/mol. The third-order valence-corrected chi connectivity index (χ3v) is 2.61. The molecule has 0 saturated heterocycles. The molecule has 3 aromatic rings. The molecule has 78 valence electrons. The van der Waals surface area contributed by atoms with Crippen molar-refractivity contribution in [1.82, 2.24) is 9.97 Å². The molecule has 4 nitrogen and oxygen atoms in total. The molecule has 4 heteroatoms. The number of pyridine rings is 1. The highest BCUT2D eigenvalue weighted by Gasteiger charge is 2.09. The number of aromatic amines is 1. The van der Waals surface area contributed by atoms with Crippen LogP contribution < -0.4 is 0 Å². The van der Waals surface area contributed by atoms with E-state index in [1.165, 1.54) is 0 Å². The van der Waals surface area contributed by atoms with Crippen molar-refractivity contribution in [2.75, 3.05) is 0 Å². The number of carboxylic acid groups (broad SMARTS) is 1. The summed E-state index contributed by atoms with van der Waals surface area (Å²) in [6.45, 7) is 0. The van der Waals surface area contributed by atoms with Crippen LogP contribution in [0.15, 0.2) is 36.5 Å². The number of carbonyl (C=O) groups is 1.